The minimum absolute atomic E-state index is 0.0216. The SMILES string of the molecule is O=C1[C@@H]2[C@@H]3C=C[C@H]([C@@H]4C[C@H]34)[C@@H]2C(=O)N1/N=C\c1ccc(Cl)c([N+](=O)[O-])c1. The first-order chi connectivity index (χ1) is 12.5. The van der Waals surface area contributed by atoms with Gasteiger partial charge in [-0.15, -0.1) is 0 Å². The lowest BCUT2D eigenvalue weighted by atomic mass is 9.63. The van der Waals surface area contributed by atoms with Crippen LogP contribution >= 0.6 is 11.6 Å². The van der Waals surface area contributed by atoms with Gasteiger partial charge in [0, 0.05) is 11.6 Å². The molecule has 3 fully saturated rings. The second kappa shape index (κ2) is 5.23. The number of imide groups is 1. The second-order valence-electron chi connectivity index (χ2n) is 7.36. The first-order valence-corrected chi connectivity index (χ1v) is 8.89. The Morgan fingerprint density at radius 2 is 1.77 bits per heavy atom. The highest BCUT2D eigenvalue weighted by atomic mass is 35.5. The average molecular weight is 372 g/mol. The number of nitro benzene ring substituents is 1. The quantitative estimate of drug-likeness (QED) is 0.268. The Kier molecular flexibility index (Phi) is 3.16. The van der Waals surface area contributed by atoms with Crippen LogP contribution in [0.3, 0.4) is 0 Å². The van der Waals surface area contributed by atoms with Crippen LogP contribution in [0.2, 0.25) is 5.02 Å². The molecule has 0 aromatic heterocycles. The van der Waals surface area contributed by atoms with Gasteiger partial charge in [-0.1, -0.05) is 29.8 Å². The number of carbonyl (C=O) groups excluding carboxylic acids is 2. The number of amides is 2. The van der Waals surface area contributed by atoms with Gasteiger partial charge in [0.25, 0.3) is 17.5 Å². The number of hydrogen-bond acceptors (Lipinski definition) is 5. The second-order valence-corrected chi connectivity index (χ2v) is 7.76. The molecule has 2 bridgehead atoms. The van der Waals surface area contributed by atoms with E-state index in [1.807, 2.05) is 0 Å². The molecule has 1 aliphatic heterocycles. The van der Waals surface area contributed by atoms with E-state index in [1.165, 1.54) is 18.3 Å². The summed E-state index contributed by atoms with van der Waals surface area (Å²) in [4.78, 5) is 36.0. The summed E-state index contributed by atoms with van der Waals surface area (Å²) in [6.45, 7) is 0. The Balaban J connectivity index is 1.43. The van der Waals surface area contributed by atoms with Gasteiger partial charge < -0.3 is 0 Å². The molecular formula is C18H14ClN3O4. The van der Waals surface area contributed by atoms with E-state index in [-0.39, 0.29) is 46.2 Å². The number of allylic oxidation sites excluding steroid dienone is 2. The molecule has 26 heavy (non-hydrogen) atoms. The van der Waals surface area contributed by atoms with Crippen LogP contribution in [0.25, 0.3) is 0 Å². The highest BCUT2D eigenvalue weighted by molar-refractivity contribution is 6.32. The van der Waals surface area contributed by atoms with Gasteiger partial charge in [0.05, 0.1) is 23.0 Å². The average Bonchev–Trinajstić information content (AvgIpc) is 3.40. The third kappa shape index (κ3) is 2.03. The summed E-state index contributed by atoms with van der Waals surface area (Å²) in [5, 5.41) is 16.0. The van der Waals surface area contributed by atoms with Crippen molar-refractivity contribution in [3.05, 3.63) is 51.1 Å². The van der Waals surface area contributed by atoms with E-state index in [0.29, 0.717) is 17.4 Å². The highest BCUT2D eigenvalue weighted by Crippen LogP contribution is 2.65. The van der Waals surface area contributed by atoms with E-state index >= 15 is 0 Å². The van der Waals surface area contributed by atoms with Crippen molar-refractivity contribution < 1.29 is 14.5 Å². The van der Waals surface area contributed by atoms with Crippen molar-refractivity contribution in [2.24, 2.45) is 40.6 Å². The molecule has 0 spiro atoms. The number of nitrogens with zero attached hydrogens (tertiary/aromatic N) is 3. The van der Waals surface area contributed by atoms with E-state index in [4.69, 9.17) is 11.6 Å². The van der Waals surface area contributed by atoms with Gasteiger partial charge >= 0.3 is 0 Å². The van der Waals surface area contributed by atoms with Gasteiger partial charge in [-0.25, -0.2) is 0 Å². The van der Waals surface area contributed by atoms with Gasteiger partial charge in [0.15, 0.2) is 0 Å². The Bertz CT molecular complexity index is 891. The Labute approximate surface area is 153 Å². The summed E-state index contributed by atoms with van der Waals surface area (Å²) in [5.74, 6) is 0.216. The van der Waals surface area contributed by atoms with Crippen molar-refractivity contribution in [1.82, 2.24) is 5.01 Å². The lowest BCUT2D eigenvalue weighted by Crippen LogP contribution is -2.40. The first-order valence-electron chi connectivity index (χ1n) is 8.51. The van der Waals surface area contributed by atoms with Crippen molar-refractivity contribution in [3.63, 3.8) is 0 Å². The molecule has 132 valence electrons. The smallest absolute Gasteiger partial charge is 0.272 e. The fourth-order valence-electron chi connectivity index (χ4n) is 4.93. The standard InChI is InChI=1S/C18H14ClN3O4/c19-13-4-1-8(5-14(13)22(25)26)7-20-21-17(23)15-9-2-3-10(12-6-11(9)12)16(15)18(21)24/h1-5,7,9-12,15-16H,6H2/b20-7-/t9-,10-,11-,12+,15-,16+/m1/s1. The molecule has 1 saturated heterocycles. The normalized spacial score (nSPS) is 36.6. The molecule has 6 atom stereocenters. The minimum atomic E-state index is -0.587. The molecule has 0 unspecified atom stereocenters. The third-order valence-electron chi connectivity index (χ3n) is 6.13. The van der Waals surface area contributed by atoms with Crippen LogP contribution in [0.15, 0.2) is 35.5 Å². The molecule has 7 nitrogen and oxygen atoms in total. The molecular weight excluding hydrogens is 358 g/mol. The predicted octanol–water partition coefficient (Wildman–Crippen LogP) is 2.64. The van der Waals surface area contributed by atoms with Crippen molar-refractivity contribution >= 4 is 35.3 Å². The van der Waals surface area contributed by atoms with Crippen LogP contribution in [0.4, 0.5) is 5.69 Å². The molecule has 2 saturated carbocycles. The Morgan fingerprint density at radius 3 is 2.35 bits per heavy atom. The van der Waals surface area contributed by atoms with E-state index in [1.54, 1.807) is 6.07 Å². The van der Waals surface area contributed by atoms with Crippen molar-refractivity contribution in [2.75, 3.05) is 0 Å². The maximum Gasteiger partial charge on any atom is 0.288 e. The van der Waals surface area contributed by atoms with E-state index < -0.39 is 4.92 Å². The summed E-state index contributed by atoms with van der Waals surface area (Å²) >= 11 is 5.79. The number of hydrogen-bond donors (Lipinski definition) is 0. The van der Waals surface area contributed by atoms with Gasteiger partial charge in [0.1, 0.15) is 5.02 Å². The number of benzene rings is 1. The summed E-state index contributed by atoms with van der Waals surface area (Å²) in [7, 11) is 0. The van der Waals surface area contributed by atoms with Gasteiger partial charge in [0.2, 0.25) is 0 Å². The highest BCUT2D eigenvalue weighted by Gasteiger charge is 2.67. The molecule has 8 heteroatoms. The number of halogens is 1. The zero-order valence-corrected chi connectivity index (χ0v) is 14.2. The maximum absolute atomic E-state index is 12.8. The van der Waals surface area contributed by atoms with E-state index in [0.717, 1.165) is 11.4 Å². The van der Waals surface area contributed by atoms with Crippen LogP contribution in [0, 0.1) is 45.6 Å². The van der Waals surface area contributed by atoms with Crippen LogP contribution in [0.5, 0.6) is 0 Å². The van der Waals surface area contributed by atoms with E-state index in [2.05, 4.69) is 17.3 Å². The zero-order valence-electron chi connectivity index (χ0n) is 13.5. The molecule has 0 N–H and O–H groups in total. The summed E-state index contributed by atoms with van der Waals surface area (Å²) in [5.41, 5.74) is 0.159. The Morgan fingerprint density at radius 1 is 1.15 bits per heavy atom. The number of hydrazone groups is 1. The van der Waals surface area contributed by atoms with Gasteiger partial charge in [-0.05, 0) is 36.2 Å². The van der Waals surface area contributed by atoms with Gasteiger partial charge in [-0.3, -0.25) is 19.7 Å². The molecule has 6 rings (SSSR count). The van der Waals surface area contributed by atoms with Crippen LogP contribution in [-0.4, -0.2) is 28.0 Å². The largest absolute Gasteiger partial charge is 0.288 e. The zero-order chi connectivity index (χ0) is 18.2. The number of rotatable bonds is 3. The van der Waals surface area contributed by atoms with E-state index in [9.17, 15) is 19.7 Å². The molecule has 1 heterocycles. The summed E-state index contributed by atoms with van der Waals surface area (Å²) in [6.07, 6.45) is 6.60. The molecule has 0 radical (unpaired) electrons. The predicted molar refractivity (Wildman–Crippen MR) is 92.3 cm³/mol. The fourth-order valence-corrected chi connectivity index (χ4v) is 5.12. The van der Waals surface area contributed by atoms with Crippen LogP contribution in [-0.2, 0) is 9.59 Å². The maximum atomic E-state index is 12.8. The molecule has 1 aromatic rings. The minimum Gasteiger partial charge on any atom is -0.272 e. The fraction of sp³-hybridized carbons (Fsp3) is 0.389. The third-order valence-corrected chi connectivity index (χ3v) is 6.45. The van der Waals surface area contributed by atoms with Crippen molar-refractivity contribution in [3.8, 4) is 0 Å². The van der Waals surface area contributed by atoms with Crippen LogP contribution < -0.4 is 0 Å². The van der Waals surface area contributed by atoms with Crippen molar-refractivity contribution in [1.29, 1.82) is 0 Å². The van der Waals surface area contributed by atoms with Gasteiger partial charge in [-0.2, -0.15) is 10.1 Å². The Hall–Kier alpha value is -2.54. The molecule has 2 amide bonds. The van der Waals surface area contributed by atoms with Crippen molar-refractivity contribution in [2.45, 2.75) is 6.42 Å². The summed E-state index contributed by atoms with van der Waals surface area (Å²) < 4.78 is 0. The number of carbonyl (C=O) groups is 2. The molecule has 4 aliphatic carbocycles. The first kappa shape index (κ1) is 15.7. The molecule has 5 aliphatic rings. The van der Waals surface area contributed by atoms with Crippen LogP contribution in [0.1, 0.15) is 12.0 Å². The lowest BCUT2D eigenvalue weighted by molar-refractivity contribution is -0.384. The monoisotopic (exact) mass is 371 g/mol. The molecule has 1 aromatic carbocycles. The lowest BCUT2D eigenvalue weighted by Gasteiger charge is -2.37. The summed E-state index contributed by atoms with van der Waals surface area (Å²) in [6, 6.07) is 4.22. The topological polar surface area (TPSA) is 92.9 Å². The number of nitro groups is 1.